The fraction of sp³-hybridized carbons (Fsp3) is 0.188. The Bertz CT molecular complexity index is 753. The van der Waals surface area contributed by atoms with Crippen molar-refractivity contribution in [1.82, 2.24) is 15.4 Å². The number of rotatable bonds is 5. The number of carboxylic acid groups (broad SMARTS) is 1. The maximum atomic E-state index is 10.9. The van der Waals surface area contributed by atoms with Crippen LogP contribution in [0.1, 0.15) is 35.8 Å². The number of aromatic amines is 1. The van der Waals surface area contributed by atoms with E-state index in [4.69, 9.17) is 9.84 Å². The summed E-state index contributed by atoms with van der Waals surface area (Å²) in [7, 11) is 0. The summed E-state index contributed by atoms with van der Waals surface area (Å²) in [6.45, 7) is 5.94. The minimum absolute atomic E-state index is 0.0167. The molecule has 0 spiro atoms. The monoisotopic (exact) mass is 297 g/mol. The largest absolute Gasteiger partial charge is 0.476 e. The van der Waals surface area contributed by atoms with Gasteiger partial charge in [0.05, 0.1) is 0 Å². The van der Waals surface area contributed by atoms with E-state index in [2.05, 4.69) is 33.8 Å². The first-order chi connectivity index (χ1) is 10.6. The number of ether oxygens (including phenoxy) is 1. The number of hydrogen-bond acceptors (Lipinski definition) is 4. The van der Waals surface area contributed by atoms with Crippen molar-refractivity contribution in [2.45, 2.75) is 19.8 Å². The summed E-state index contributed by atoms with van der Waals surface area (Å²) < 4.78 is 5.45. The van der Waals surface area contributed by atoms with Gasteiger partial charge in [0.15, 0.2) is 0 Å². The van der Waals surface area contributed by atoms with Crippen LogP contribution in [-0.2, 0) is 0 Å². The number of carboxylic acids is 1. The van der Waals surface area contributed by atoms with Gasteiger partial charge in [0.2, 0.25) is 5.69 Å². The van der Waals surface area contributed by atoms with Crippen LogP contribution in [0.25, 0.3) is 0 Å². The highest BCUT2D eigenvalue weighted by atomic mass is 16.5. The number of H-pyrrole nitrogens is 1. The van der Waals surface area contributed by atoms with Gasteiger partial charge in [-0.25, -0.2) is 9.89 Å². The lowest BCUT2D eigenvalue weighted by Crippen LogP contribution is -1.99. The first-order valence-electron chi connectivity index (χ1n) is 6.68. The van der Waals surface area contributed by atoms with E-state index in [1.807, 2.05) is 13.0 Å². The van der Waals surface area contributed by atoms with Crippen molar-refractivity contribution < 1.29 is 14.6 Å². The van der Waals surface area contributed by atoms with Crippen molar-refractivity contribution in [3.63, 3.8) is 0 Å². The molecular weight excluding hydrogens is 282 g/mol. The zero-order valence-electron chi connectivity index (χ0n) is 12.1. The number of nitrogens with zero attached hydrogens (tertiary/aromatic N) is 2. The molecule has 0 saturated carbocycles. The number of aromatic carboxylic acids is 1. The average molecular weight is 297 g/mol. The summed E-state index contributed by atoms with van der Waals surface area (Å²) in [5.41, 5.74) is 1.58. The highest BCUT2D eigenvalue weighted by molar-refractivity contribution is 5.87. The molecule has 2 aromatic rings. The lowest BCUT2D eigenvalue weighted by molar-refractivity contribution is 0.0687. The van der Waals surface area contributed by atoms with Crippen LogP contribution in [0.4, 0.5) is 0 Å². The number of carbonyl (C=O) groups is 1. The molecular formula is C16H15N3O3. The summed E-state index contributed by atoms with van der Waals surface area (Å²) in [5.74, 6) is 5.28. The van der Waals surface area contributed by atoms with Crippen LogP contribution in [0.15, 0.2) is 36.4 Å². The Balaban J connectivity index is 2.13. The van der Waals surface area contributed by atoms with Gasteiger partial charge in [-0.1, -0.05) is 42.2 Å². The molecule has 0 aliphatic rings. The smallest absolute Gasteiger partial charge is 0.362 e. The Kier molecular flexibility index (Phi) is 4.94. The summed E-state index contributed by atoms with van der Waals surface area (Å²) in [5, 5.41) is 18.2. The van der Waals surface area contributed by atoms with Crippen LogP contribution in [0.3, 0.4) is 0 Å². The predicted molar refractivity (Wildman–Crippen MR) is 80.8 cm³/mol. The maximum absolute atomic E-state index is 10.9. The molecule has 0 radical (unpaired) electrons. The zero-order chi connectivity index (χ0) is 15.9. The third kappa shape index (κ3) is 3.96. The first-order valence-corrected chi connectivity index (χ1v) is 6.68. The molecule has 0 unspecified atom stereocenters. The molecule has 0 amide bonds. The van der Waals surface area contributed by atoms with E-state index in [1.54, 1.807) is 18.2 Å². The van der Waals surface area contributed by atoms with Crippen molar-refractivity contribution in [2.24, 2.45) is 0 Å². The lowest BCUT2D eigenvalue weighted by Gasteiger charge is -2.03. The number of aromatic nitrogens is 3. The van der Waals surface area contributed by atoms with Crippen LogP contribution >= 0.6 is 0 Å². The fourth-order valence-electron chi connectivity index (χ4n) is 1.58. The van der Waals surface area contributed by atoms with E-state index >= 15 is 0 Å². The summed E-state index contributed by atoms with van der Waals surface area (Å²) in [6, 6.07) is 7.03. The van der Waals surface area contributed by atoms with Crippen molar-refractivity contribution in [1.29, 1.82) is 0 Å². The second-order valence-corrected chi connectivity index (χ2v) is 4.51. The molecule has 0 aliphatic carbocycles. The van der Waals surface area contributed by atoms with Crippen LogP contribution < -0.4 is 4.74 Å². The Hall–Kier alpha value is -3.07. The molecule has 6 heteroatoms. The van der Waals surface area contributed by atoms with Gasteiger partial charge >= 0.3 is 5.97 Å². The van der Waals surface area contributed by atoms with E-state index in [0.29, 0.717) is 12.2 Å². The first kappa shape index (κ1) is 15.3. The standard InChI is InChI=1S/C16H15N3O3/c1-3-11(2)6-4-7-12-8-5-9-13(10-12)22-15-14(16(20)21)17-19-18-15/h5,8-10H,2-3,6H2,1H3,(H,20,21)(H,17,18,19). The van der Waals surface area contributed by atoms with E-state index in [0.717, 1.165) is 17.6 Å². The summed E-state index contributed by atoms with van der Waals surface area (Å²) in [4.78, 5) is 10.9. The zero-order valence-corrected chi connectivity index (χ0v) is 12.1. The van der Waals surface area contributed by atoms with Crippen molar-refractivity contribution in [2.75, 3.05) is 0 Å². The molecule has 22 heavy (non-hydrogen) atoms. The van der Waals surface area contributed by atoms with E-state index in [-0.39, 0.29) is 11.6 Å². The SMILES string of the molecule is C=C(CC)CC#Cc1cccc(Oc2[nH]nnc2C(=O)O)c1. The van der Waals surface area contributed by atoms with Gasteiger partial charge in [0.25, 0.3) is 5.88 Å². The van der Waals surface area contributed by atoms with Gasteiger partial charge in [0, 0.05) is 12.0 Å². The quantitative estimate of drug-likeness (QED) is 0.654. The van der Waals surface area contributed by atoms with Gasteiger partial charge in [-0.3, -0.25) is 0 Å². The van der Waals surface area contributed by atoms with Gasteiger partial charge in [-0.15, -0.1) is 5.10 Å². The minimum Gasteiger partial charge on any atom is -0.476 e. The van der Waals surface area contributed by atoms with Crippen LogP contribution in [-0.4, -0.2) is 26.5 Å². The topological polar surface area (TPSA) is 88.1 Å². The average Bonchev–Trinajstić information content (AvgIpc) is 2.96. The van der Waals surface area contributed by atoms with Crippen molar-refractivity contribution >= 4 is 5.97 Å². The molecule has 2 rings (SSSR count). The number of allylic oxidation sites excluding steroid dienone is 1. The lowest BCUT2D eigenvalue weighted by atomic mass is 10.1. The highest BCUT2D eigenvalue weighted by Crippen LogP contribution is 2.22. The Morgan fingerprint density at radius 1 is 1.50 bits per heavy atom. The Morgan fingerprint density at radius 3 is 3.05 bits per heavy atom. The van der Waals surface area contributed by atoms with Crippen LogP contribution in [0.2, 0.25) is 0 Å². The Morgan fingerprint density at radius 2 is 2.32 bits per heavy atom. The summed E-state index contributed by atoms with van der Waals surface area (Å²) in [6.07, 6.45) is 1.55. The van der Waals surface area contributed by atoms with Gasteiger partial charge in [-0.05, 0) is 24.6 Å². The van der Waals surface area contributed by atoms with Crippen LogP contribution in [0, 0.1) is 11.8 Å². The molecule has 6 nitrogen and oxygen atoms in total. The second-order valence-electron chi connectivity index (χ2n) is 4.51. The normalized spacial score (nSPS) is 9.68. The molecule has 112 valence electrons. The second kappa shape index (κ2) is 7.09. The number of nitrogens with one attached hydrogen (secondary N) is 1. The molecule has 0 aliphatic heterocycles. The maximum Gasteiger partial charge on any atom is 0.362 e. The van der Waals surface area contributed by atoms with Crippen molar-refractivity contribution in [3.05, 3.63) is 47.7 Å². The summed E-state index contributed by atoms with van der Waals surface area (Å²) >= 11 is 0. The molecule has 2 N–H and O–H groups in total. The molecule has 0 bridgehead atoms. The molecule has 1 aromatic carbocycles. The third-order valence-electron chi connectivity index (χ3n) is 2.84. The van der Waals surface area contributed by atoms with Gasteiger partial charge in [-0.2, -0.15) is 0 Å². The van der Waals surface area contributed by atoms with E-state index in [1.165, 1.54) is 0 Å². The molecule has 0 saturated heterocycles. The minimum atomic E-state index is -1.21. The van der Waals surface area contributed by atoms with E-state index < -0.39 is 5.97 Å². The molecule has 1 heterocycles. The molecule has 1 aromatic heterocycles. The molecule has 0 atom stereocenters. The number of hydrogen-bond donors (Lipinski definition) is 2. The Labute approximate surface area is 127 Å². The predicted octanol–water partition coefficient (Wildman–Crippen LogP) is 3.00. The van der Waals surface area contributed by atoms with Crippen molar-refractivity contribution in [3.8, 4) is 23.5 Å². The third-order valence-corrected chi connectivity index (χ3v) is 2.84. The van der Waals surface area contributed by atoms with E-state index in [9.17, 15) is 4.79 Å². The highest BCUT2D eigenvalue weighted by Gasteiger charge is 2.16. The van der Waals surface area contributed by atoms with Gasteiger partial charge in [0.1, 0.15) is 5.75 Å². The fourth-order valence-corrected chi connectivity index (χ4v) is 1.58. The van der Waals surface area contributed by atoms with Gasteiger partial charge < -0.3 is 9.84 Å². The molecule has 0 fully saturated rings. The van der Waals surface area contributed by atoms with Crippen LogP contribution in [0.5, 0.6) is 11.6 Å². The number of benzene rings is 1.